The van der Waals surface area contributed by atoms with Gasteiger partial charge in [0.1, 0.15) is 12.1 Å². The summed E-state index contributed by atoms with van der Waals surface area (Å²) in [5.41, 5.74) is 6.35. The molecule has 1 unspecified atom stereocenters. The Morgan fingerprint density at radius 2 is 2.05 bits per heavy atom. The van der Waals surface area contributed by atoms with Crippen molar-refractivity contribution >= 4 is 28.5 Å². The van der Waals surface area contributed by atoms with Crippen molar-refractivity contribution in [2.45, 2.75) is 39.2 Å². The Morgan fingerprint density at radius 3 is 2.76 bits per heavy atom. The fraction of sp³-hybridized carbons (Fsp3) is 0.444. The molecular weight excluding hydrogens is 497 g/mol. The first-order valence-electron chi connectivity index (χ1n) is 12.4. The fourth-order valence-corrected chi connectivity index (χ4v) is 5.42. The highest BCUT2D eigenvalue weighted by Crippen LogP contribution is 2.42. The third-order valence-electron chi connectivity index (χ3n) is 7.01. The number of benzene rings is 2. The number of piperazine rings is 1. The second-order valence-corrected chi connectivity index (χ2v) is 10.2. The molecule has 198 valence electrons. The maximum absolute atomic E-state index is 14.6. The van der Waals surface area contributed by atoms with Gasteiger partial charge in [0.15, 0.2) is 11.6 Å². The highest BCUT2D eigenvalue weighted by Gasteiger charge is 2.43. The Hall–Kier alpha value is -3.17. The molecule has 1 saturated heterocycles. The summed E-state index contributed by atoms with van der Waals surface area (Å²) in [5.74, 6) is 0.509. The summed E-state index contributed by atoms with van der Waals surface area (Å²) >= 11 is 5.94. The number of urea groups is 1. The van der Waals surface area contributed by atoms with Gasteiger partial charge < -0.3 is 20.1 Å². The van der Waals surface area contributed by atoms with E-state index >= 15 is 0 Å². The van der Waals surface area contributed by atoms with Crippen LogP contribution < -0.4 is 15.2 Å². The van der Waals surface area contributed by atoms with Crippen LogP contribution in [0.1, 0.15) is 39.2 Å². The molecule has 1 aliphatic rings. The molecule has 0 radical (unpaired) electrons. The van der Waals surface area contributed by atoms with E-state index in [2.05, 4.69) is 28.7 Å². The second kappa shape index (κ2) is 11.1. The average molecular weight is 530 g/mol. The van der Waals surface area contributed by atoms with Gasteiger partial charge in [-0.2, -0.15) is 0 Å². The van der Waals surface area contributed by atoms with E-state index < -0.39 is 17.4 Å². The number of nitrogens with zero attached hydrogens (tertiary/aromatic N) is 4. The second-order valence-electron chi connectivity index (χ2n) is 9.80. The van der Waals surface area contributed by atoms with Crippen LogP contribution in [0.5, 0.6) is 17.4 Å². The summed E-state index contributed by atoms with van der Waals surface area (Å²) in [6.07, 6.45) is 3.59. The van der Waals surface area contributed by atoms with Crippen LogP contribution >= 0.6 is 11.6 Å². The molecule has 0 saturated carbocycles. The van der Waals surface area contributed by atoms with Gasteiger partial charge in [-0.05, 0) is 37.5 Å². The van der Waals surface area contributed by atoms with E-state index in [-0.39, 0.29) is 16.7 Å². The third-order valence-corrected chi connectivity index (χ3v) is 7.30. The highest BCUT2D eigenvalue weighted by atomic mass is 35.5. The molecule has 1 aliphatic heterocycles. The number of rotatable bonds is 8. The van der Waals surface area contributed by atoms with E-state index in [1.807, 2.05) is 13.0 Å². The number of methoxy groups -OCH3 is 1. The first-order valence-corrected chi connectivity index (χ1v) is 12.8. The lowest BCUT2D eigenvalue weighted by molar-refractivity contribution is 0.0283. The maximum Gasteiger partial charge on any atom is 0.315 e. The molecule has 0 bridgehead atoms. The van der Waals surface area contributed by atoms with Crippen LogP contribution in [-0.2, 0) is 5.54 Å². The normalized spacial score (nSPS) is 19.1. The molecule has 1 fully saturated rings. The van der Waals surface area contributed by atoms with Crippen molar-refractivity contribution in [2.24, 2.45) is 11.7 Å². The maximum atomic E-state index is 14.6. The molecule has 37 heavy (non-hydrogen) atoms. The zero-order valence-corrected chi connectivity index (χ0v) is 22.4. The monoisotopic (exact) mass is 529 g/mol. The molecule has 8 nitrogen and oxygen atoms in total. The lowest BCUT2D eigenvalue weighted by Crippen LogP contribution is -2.62. The number of fused-ring (bicyclic) bond motifs is 1. The van der Waals surface area contributed by atoms with Gasteiger partial charge in [-0.1, -0.05) is 37.9 Å². The number of aromatic nitrogens is 2. The van der Waals surface area contributed by atoms with Gasteiger partial charge in [0.25, 0.3) is 0 Å². The predicted molar refractivity (Wildman–Crippen MR) is 142 cm³/mol. The molecule has 4 rings (SSSR count). The number of nitrogens with two attached hydrogens (primary N) is 1. The number of amides is 2. The summed E-state index contributed by atoms with van der Waals surface area (Å²) < 4.78 is 26.2. The molecule has 10 heteroatoms. The number of halogens is 2. The van der Waals surface area contributed by atoms with Crippen molar-refractivity contribution in [3.8, 4) is 17.4 Å². The average Bonchev–Trinajstić information content (AvgIpc) is 2.86. The van der Waals surface area contributed by atoms with Crippen LogP contribution in [0.3, 0.4) is 0 Å². The number of carbonyl (C=O) groups excluding carboxylic acids is 1. The minimum absolute atomic E-state index is 0.0522. The number of hydrogen-bond donors (Lipinski definition) is 1. The van der Waals surface area contributed by atoms with Crippen LogP contribution in [0.15, 0.2) is 36.7 Å². The lowest BCUT2D eigenvalue weighted by Gasteiger charge is -2.49. The molecule has 2 N–H and O–H groups in total. The fourth-order valence-electron chi connectivity index (χ4n) is 5.25. The van der Waals surface area contributed by atoms with E-state index in [0.717, 1.165) is 31.5 Å². The molecule has 3 aromatic rings. The molecule has 2 atom stereocenters. The van der Waals surface area contributed by atoms with Crippen molar-refractivity contribution < 1.29 is 18.7 Å². The standard InChI is InChI=1S/C27H33ClFN5O3/c1-5-7-17(2)14-33-10-11-34(26(30)35)27(3,15-33)19-12-18-21(13-23(19)36-4)31-16-32-25(18)37-22-9-6-8-20(28)24(22)29/h6,8-9,12-13,16-17H,5,7,10-11,14-15H2,1-4H3,(H2,30,35)/t17?,27-/m0/s1. The van der Waals surface area contributed by atoms with Crippen LogP contribution in [0.4, 0.5) is 9.18 Å². The minimum atomic E-state index is -0.802. The largest absolute Gasteiger partial charge is 0.496 e. The quantitative estimate of drug-likeness (QED) is 0.410. The molecule has 2 amide bonds. The Balaban J connectivity index is 1.81. The van der Waals surface area contributed by atoms with Crippen LogP contribution in [0.25, 0.3) is 10.9 Å². The van der Waals surface area contributed by atoms with Gasteiger partial charge in [0, 0.05) is 37.8 Å². The molecular formula is C27H33ClFN5O3. The third kappa shape index (κ3) is 5.43. The summed E-state index contributed by atoms with van der Waals surface area (Å²) in [5, 5.41) is 0.488. The molecule has 0 aliphatic carbocycles. The number of ether oxygens (including phenoxy) is 2. The lowest BCUT2D eigenvalue weighted by atomic mass is 9.85. The highest BCUT2D eigenvalue weighted by molar-refractivity contribution is 6.30. The number of primary amides is 1. The topological polar surface area (TPSA) is 93.8 Å². The number of carbonyl (C=O) groups is 1. The number of hydrogen-bond acceptors (Lipinski definition) is 6. The Morgan fingerprint density at radius 1 is 1.27 bits per heavy atom. The van der Waals surface area contributed by atoms with Gasteiger partial charge in [-0.25, -0.2) is 19.2 Å². The first kappa shape index (κ1) is 26.9. The molecule has 0 spiro atoms. The zero-order valence-electron chi connectivity index (χ0n) is 21.6. The predicted octanol–water partition coefficient (Wildman–Crippen LogP) is 5.57. The summed E-state index contributed by atoms with van der Waals surface area (Å²) in [6.45, 7) is 9.10. The van der Waals surface area contributed by atoms with Crippen molar-refractivity contribution in [1.82, 2.24) is 19.8 Å². The van der Waals surface area contributed by atoms with E-state index in [0.29, 0.717) is 35.7 Å². The van der Waals surface area contributed by atoms with Gasteiger partial charge in [0.05, 0.1) is 28.6 Å². The van der Waals surface area contributed by atoms with Crippen molar-refractivity contribution in [2.75, 3.05) is 33.3 Å². The van der Waals surface area contributed by atoms with Crippen LogP contribution in [0, 0.1) is 11.7 Å². The molecule has 2 aromatic carbocycles. The Kier molecular flexibility index (Phi) is 8.04. The van der Waals surface area contributed by atoms with Gasteiger partial charge in [0.2, 0.25) is 5.88 Å². The SMILES string of the molecule is CCCC(C)CN1CCN(C(N)=O)[C@](C)(c2cc3c(Oc4cccc(Cl)c4F)ncnc3cc2OC)C1. The molecule has 1 aromatic heterocycles. The minimum Gasteiger partial charge on any atom is -0.496 e. The Labute approximate surface area is 221 Å². The van der Waals surface area contributed by atoms with E-state index in [1.54, 1.807) is 24.1 Å². The molecule has 2 heterocycles. The summed E-state index contributed by atoms with van der Waals surface area (Å²) in [6, 6.07) is 7.64. The van der Waals surface area contributed by atoms with Crippen LogP contribution in [0.2, 0.25) is 5.02 Å². The summed E-state index contributed by atoms with van der Waals surface area (Å²) in [4.78, 5) is 25.3. The van der Waals surface area contributed by atoms with E-state index in [4.69, 9.17) is 26.8 Å². The Bertz CT molecular complexity index is 1290. The van der Waals surface area contributed by atoms with E-state index in [1.165, 1.54) is 18.5 Å². The van der Waals surface area contributed by atoms with Gasteiger partial charge >= 0.3 is 6.03 Å². The van der Waals surface area contributed by atoms with Gasteiger partial charge in [-0.15, -0.1) is 0 Å². The van der Waals surface area contributed by atoms with Crippen molar-refractivity contribution in [3.05, 3.63) is 53.1 Å². The smallest absolute Gasteiger partial charge is 0.315 e. The van der Waals surface area contributed by atoms with Crippen molar-refractivity contribution in [3.63, 3.8) is 0 Å². The van der Waals surface area contributed by atoms with Crippen molar-refractivity contribution in [1.29, 1.82) is 0 Å². The van der Waals surface area contributed by atoms with Gasteiger partial charge in [-0.3, -0.25) is 4.90 Å². The zero-order chi connectivity index (χ0) is 26.7. The first-order chi connectivity index (χ1) is 17.7. The van der Waals surface area contributed by atoms with E-state index in [9.17, 15) is 9.18 Å². The summed E-state index contributed by atoms with van der Waals surface area (Å²) in [7, 11) is 1.58. The van der Waals surface area contributed by atoms with Crippen LogP contribution in [-0.4, -0.2) is 59.1 Å².